The number of amides is 1. The van der Waals surface area contributed by atoms with Gasteiger partial charge in [-0.15, -0.1) is 0 Å². The summed E-state index contributed by atoms with van der Waals surface area (Å²) in [7, 11) is 0. The quantitative estimate of drug-likeness (QED) is 0.365. The van der Waals surface area contributed by atoms with Crippen molar-refractivity contribution in [1.82, 2.24) is 4.90 Å². The third-order valence-electron chi connectivity index (χ3n) is 4.39. The first kappa shape index (κ1) is 20.7. The molecule has 1 aliphatic heterocycles. The van der Waals surface area contributed by atoms with E-state index in [1.165, 1.54) is 11.8 Å². The lowest BCUT2D eigenvalue weighted by atomic mass is 10.2. The smallest absolute Gasteiger partial charge is 0.266 e. The van der Waals surface area contributed by atoms with Crippen molar-refractivity contribution in [2.45, 2.75) is 39.5 Å². The zero-order valence-electron chi connectivity index (χ0n) is 16.3. The highest BCUT2D eigenvalue weighted by Crippen LogP contribution is 2.34. The molecule has 1 aliphatic rings. The highest BCUT2D eigenvalue weighted by molar-refractivity contribution is 8.18. The van der Waals surface area contributed by atoms with Crippen LogP contribution < -0.4 is 0 Å². The number of unbranched alkanes of at least 4 members (excludes halogenated alkanes) is 2. The number of nitrogens with zero attached hydrogens (tertiary/aromatic N) is 2. The Labute approximate surface area is 175 Å². The van der Waals surface area contributed by atoms with Crippen LogP contribution in [0.15, 0.2) is 50.7 Å². The Morgan fingerprint density at radius 2 is 2.00 bits per heavy atom. The summed E-state index contributed by atoms with van der Waals surface area (Å²) in [4.78, 5) is 20.0. The van der Waals surface area contributed by atoms with Gasteiger partial charge in [-0.3, -0.25) is 14.7 Å². The van der Waals surface area contributed by atoms with Crippen LogP contribution in [-0.2, 0) is 4.79 Å². The van der Waals surface area contributed by atoms with Gasteiger partial charge in [-0.05, 0) is 48.9 Å². The van der Waals surface area contributed by atoms with Crippen molar-refractivity contribution in [1.29, 1.82) is 0 Å². The fourth-order valence-corrected chi connectivity index (χ4v) is 4.03. The Bertz CT molecular complexity index is 888. The second-order valence-electron chi connectivity index (χ2n) is 6.65. The minimum Gasteiger partial charge on any atom is -0.457 e. The summed E-state index contributed by atoms with van der Waals surface area (Å²) in [5.74, 6) is 1.38. The van der Waals surface area contributed by atoms with Crippen molar-refractivity contribution in [3.63, 3.8) is 0 Å². The van der Waals surface area contributed by atoms with E-state index in [4.69, 9.17) is 16.0 Å². The predicted octanol–water partition coefficient (Wildman–Crippen LogP) is 6.47. The lowest BCUT2D eigenvalue weighted by molar-refractivity contribution is -0.122. The monoisotopic (exact) mass is 416 g/mol. The van der Waals surface area contributed by atoms with Crippen LogP contribution in [0.25, 0.3) is 17.4 Å². The SMILES string of the molecule is CCCCN=C1S/C(=C/c2ccc(-c3cccc(Cl)c3)o2)C(=O)N1CCCC. The van der Waals surface area contributed by atoms with Crippen LogP contribution in [0.2, 0.25) is 5.02 Å². The van der Waals surface area contributed by atoms with Crippen molar-refractivity contribution < 1.29 is 9.21 Å². The van der Waals surface area contributed by atoms with Crippen molar-refractivity contribution in [2.24, 2.45) is 4.99 Å². The molecule has 0 N–H and O–H groups in total. The number of furan rings is 1. The van der Waals surface area contributed by atoms with Gasteiger partial charge >= 0.3 is 0 Å². The molecule has 4 nitrogen and oxygen atoms in total. The van der Waals surface area contributed by atoms with Gasteiger partial charge < -0.3 is 4.42 Å². The molecule has 0 atom stereocenters. The van der Waals surface area contributed by atoms with Gasteiger partial charge in [0.1, 0.15) is 11.5 Å². The van der Waals surface area contributed by atoms with E-state index < -0.39 is 0 Å². The fraction of sp³-hybridized carbons (Fsp3) is 0.364. The first-order valence-corrected chi connectivity index (χ1v) is 10.9. The maximum Gasteiger partial charge on any atom is 0.266 e. The number of halogens is 1. The predicted molar refractivity (Wildman–Crippen MR) is 119 cm³/mol. The lowest BCUT2D eigenvalue weighted by Gasteiger charge is -2.14. The van der Waals surface area contributed by atoms with E-state index in [1.54, 1.807) is 4.90 Å². The molecule has 0 spiro atoms. The summed E-state index contributed by atoms with van der Waals surface area (Å²) in [6.07, 6.45) is 5.93. The van der Waals surface area contributed by atoms with Crippen molar-refractivity contribution in [2.75, 3.05) is 13.1 Å². The third kappa shape index (κ3) is 5.09. The number of aliphatic imine (C=N–C) groups is 1. The fourth-order valence-electron chi connectivity index (χ4n) is 2.83. The average molecular weight is 417 g/mol. The Morgan fingerprint density at radius 1 is 1.18 bits per heavy atom. The molecule has 2 heterocycles. The zero-order chi connectivity index (χ0) is 19.9. The van der Waals surface area contributed by atoms with Crippen LogP contribution in [0.4, 0.5) is 0 Å². The highest BCUT2D eigenvalue weighted by Gasteiger charge is 2.32. The Hall–Kier alpha value is -1.98. The molecule has 1 saturated heterocycles. The second-order valence-corrected chi connectivity index (χ2v) is 8.10. The van der Waals surface area contributed by atoms with E-state index >= 15 is 0 Å². The van der Waals surface area contributed by atoms with Gasteiger partial charge in [0.25, 0.3) is 5.91 Å². The molecule has 6 heteroatoms. The molecule has 3 rings (SSSR count). The first-order chi connectivity index (χ1) is 13.6. The minimum absolute atomic E-state index is 0.00871. The van der Waals surface area contributed by atoms with E-state index in [1.807, 2.05) is 42.5 Å². The molecular weight excluding hydrogens is 392 g/mol. The summed E-state index contributed by atoms with van der Waals surface area (Å²) < 4.78 is 5.93. The molecule has 2 aromatic rings. The van der Waals surface area contributed by atoms with Gasteiger partial charge in [0, 0.05) is 29.8 Å². The van der Waals surface area contributed by atoms with E-state index in [0.29, 0.717) is 22.2 Å². The number of benzene rings is 1. The maximum absolute atomic E-state index is 12.9. The molecular formula is C22H25ClN2O2S. The van der Waals surface area contributed by atoms with Crippen LogP contribution in [0.1, 0.15) is 45.3 Å². The molecule has 0 bridgehead atoms. The normalized spacial score (nSPS) is 17.2. The van der Waals surface area contributed by atoms with E-state index in [9.17, 15) is 4.79 Å². The molecule has 1 aromatic carbocycles. The zero-order valence-corrected chi connectivity index (χ0v) is 17.9. The number of carbonyl (C=O) groups is 1. The Kier molecular flexibility index (Phi) is 7.40. The number of carbonyl (C=O) groups excluding carboxylic acids is 1. The van der Waals surface area contributed by atoms with Crippen molar-refractivity contribution >= 4 is 40.5 Å². The van der Waals surface area contributed by atoms with Gasteiger partial charge in [0.15, 0.2) is 5.17 Å². The number of amidine groups is 1. The summed E-state index contributed by atoms with van der Waals surface area (Å²) in [6, 6.07) is 11.3. The highest BCUT2D eigenvalue weighted by atomic mass is 35.5. The van der Waals surface area contributed by atoms with Gasteiger partial charge in [-0.1, -0.05) is 50.4 Å². The summed E-state index contributed by atoms with van der Waals surface area (Å²) in [6.45, 7) is 5.72. The number of hydrogen-bond acceptors (Lipinski definition) is 4. The second kappa shape index (κ2) is 9.99. The number of rotatable bonds is 8. The number of hydrogen-bond donors (Lipinski definition) is 0. The maximum atomic E-state index is 12.9. The molecule has 0 radical (unpaired) electrons. The van der Waals surface area contributed by atoms with Crippen LogP contribution in [-0.4, -0.2) is 29.1 Å². The third-order valence-corrected chi connectivity index (χ3v) is 5.67. The topological polar surface area (TPSA) is 45.8 Å². The standard InChI is InChI=1S/C22H25ClN2O2S/c1-3-5-12-24-22-25(13-6-4-2)21(26)20(28-22)15-18-10-11-19(27-18)16-8-7-9-17(23)14-16/h7-11,14-15H,3-6,12-13H2,1-2H3/b20-15+,24-22?. The van der Waals surface area contributed by atoms with E-state index in [-0.39, 0.29) is 5.91 Å². The van der Waals surface area contributed by atoms with Gasteiger partial charge in [-0.2, -0.15) is 0 Å². The molecule has 0 aliphatic carbocycles. The molecule has 0 saturated carbocycles. The number of thioether (sulfide) groups is 1. The van der Waals surface area contributed by atoms with Crippen LogP contribution in [0.5, 0.6) is 0 Å². The molecule has 0 unspecified atom stereocenters. The molecule has 1 aromatic heterocycles. The van der Waals surface area contributed by atoms with Gasteiger partial charge in [0.2, 0.25) is 0 Å². The minimum atomic E-state index is 0.00871. The molecule has 148 valence electrons. The van der Waals surface area contributed by atoms with Crippen LogP contribution >= 0.6 is 23.4 Å². The largest absolute Gasteiger partial charge is 0.457 e. The Balaban J connectivity index is 1.81. The van der Waals surface area contributed by atoms with E-state index in [2.05, 4.69) is 18.8 Å². The van der Waals surface area contributed by atoms with E-state index in [0.717, 1.165) is 48.7 Å². The van der Waals surface area contributed by atoms with Gasteiger partial charge in [-0.25, -0.2) is 0 Å². The summed E-state index contributed by atoms with van der Waals surface area (Å²) in [5.41, 5.74) is 0.911. The van der Waals surface area contributed by atoms with Crippen molar-refractivity contribution in [3.8, 4) is 11.3 Å². The lowest BCUT2D eigenvalue weighted by Crippen LogP contribution is -2.30. The first-order valence-electron chi connectivity index (χ1n) is 9.74. The molecule has 28 heavy (non-hydrogen) atoms. The van der Waals surface area contributed by atoms with Crippen LogP contribution in [0.3, 0.4) is 0 Å². The van der Waals surface area contributed by atoms with Crippen LogP contribution in [0, 0.1) is 0 Å². The summed E-state index contributed by atoms with van der Waals surface area (Å²) >= 11 is 7.50. The Morgan fingerprint density at radius 3 is 2.75 bits per heavy atom. The van der Waals surface area contributed by atoms with Crippen molar-refractivity contribution in [3.05, 3.63) is 52.1 Å². The molecule has 1 fully saturated rings. The molecule has 1 amide bonds. The average Bonchev–Trinajstić information content (AvgIpc) is 3.26. The van der Waals surface area contributed by atoms with Gasteiger partial charge in [0.05, 0.1) is 4.91 Å². The summed E-state index contributed by atoms with van der Waals surface area (Å²) in [5, 5.41) is 1.47.